The van der Waals surface area contributed by atoms with E-state index in [2.05, 4.69) is 10.5 Å². The average Bonchev–Trinajstić information content (AvgIpc) is 2.07. The molecule has 0 aliphatic heterocycles. The van der Waals surface area contributed by atoms with Gasteiger partial charge in [0.2, 0.25) is 0 Å². The molecule has 0 atom stereocenters. The number of benzene rings is 1. The Hall–Kier alpha value is -1.38. The molecule has 1 aromatic rings. The van der Waals surface area contributed by atoms with Crippen LogP contribution in [0.3, 0.4) is 0 Å². The number of hydrogen-bond acceptors (Lipinski definition) is 3. The molecule has 3 nitrogen and oxygen atoms in total. The summed E-state index contributed by atoms with van der Waals surface area (Å²) in [7, 11) is 1.85. The van der Waals surface area contributed by atoms with Crippen molar-refractivity contribution in [3.05, 3.63) is 34.7 Å². The van der Waals surface area contributed by atoms with Crippen LogP contribution < -0.4 is 5.32 Å². The van der Waals surface area contributed by atoms with Crippen molar-refractivity contribution in [2.75, 3.05) is 12.4 Å². The Bertz CT molecular complexity index is 230. The van der Waals surface area contributed by atoms with Gasteiger partial charge in [0.25, 0.3) is 0 Å². The minimum absolute atomic E-state index is 0.254. The van der Waals surface area contributed by atoms with Gasteiger partial charge >= 0.3 is 0 Å². The van der Waals surface area contributed by atoms with Crippen LogP contribution in [-0.4, -0.2) is 7.05 Å². The summed E-state index contributed by atoms with van der Waals surface area (Å²) in [6.45, 7) is 0.254. The van der Waals surface area contributed by atoms with Crippen LogP contribution in [0.15, 0.2) is 29.4 Å². The smallest absolute Gasteiger partial charge is 0.106 e. The Morgan fingerprint density at radius 3 is 2.45 bits per heavy atom. The number of nitrogens with zero attached hydrogens (tertiary/aromatic N) is 1. The number of rotatable bonds is 3. The summed E-state index contributed by atoms with van der Waals surface area (Å²) in [5, 5.41) is 5.78. The van der Waals surface area contributed by atoms with Gasteiger partial charge in [-0.2, -0.15) is 4.91 Å². The van der Waals surface area contributed by atoms with Crippen LogP contribution in [0.4, 0.5) is 5.69 Å². The lowest BCUT2D eigenvalue weighted by atomic mass is 10.2. The zero-order valence-electron chi connectivity index (χ0n) is 6.37. The highest BCUT2D eigenvalue weighted by Crippen LogP contribution is 2.08. The van der Waals surface area contributed by atoms with Gasteiger partial charge in [-0.05, 0) is 17.7 Å². The molecule has 0 amide bonds. The van der Waals surface area contributed by atoms with E-state index >= 15 is 0 Å². The third-order valence-electron chi connectivity index (χ3n) is 1.49. The molecule has 0 aliphatic carbocycles. The Labute approximate surface area is 65.4 Å². The summed E-state index contributed by atoms with van der Waals surface area (Å²) >= 11 is 0. The lowest BCUT2D eigenvalue weighted by Crippen LogP contribution is -1.87. The molecule has 0 saturated carbocycles. The molecule has 3 heteroatoms. The van der Waals surface area contributed by atoms with Crippen LogP contribution in [0.2, 0.25) is 0 Å². The van der Waals surface area contributed by atoms with Crippen molar-refractivity contribution in [3.8, 4) is 0 Å². The fourth-order valence-electron chi connectivity index (χ4n) is 0.851. The van der Waals surface area contributed by atoms with Gasteiger partial charge in [-0.1, -0.05) is 17.3 Å². The maximum Gasteiger partial charge on any atom is 0.106 e. The van der Waals surface area contributed by atoms with Crippen molar-refractivity contribution in [1.29, 1.82) is 0 Å². The molecule has 0 aliphatic rings. The van der Waals surface area contributed by atoms with Crippen LogP contribution in [-0.2, 0) is 6.54 Å². The molecule has 0 saturated heterocycles. The molecule has 0 aromatic heterocycles. The van der Waals surface area contributed by atoms with Gasteiger partial charge < -0.3 is 5.32 Å². The lowest BCUT2D eigenvalue weighted by molar-refractivity contribution is 1.06. The highest BCUT2D eigenvalue weighted by atomic mass is 16.3. The van der Waals surface area contributed by atoms with E-state index in [4.69, 9.17) is 0 Å². The first kappa shape index (κ1) is 7.72. The van der Waals surface area contributed by atoms with Crippen LogP contribution in [0.5, 0.6) is 0 Å². The first-order chi connectivity index (χ1) is 5.36. The monoisotopic (exact) mass is 150 g/mol. The number of anilines is 1. The van der Waals surface area contributed by atoms with Gasteiger partial charge in [0, 0.05) is 12.7 Å². The SMILES string of the molecule is CNc1ccc(CN=O)cc1. The summed E-state index contributed by atoms with van der Waals surface area (Å²) in [6.07, 6.45) is 0. The highest BCUT2D eigenvalue weighted by molar-refractivity contribution is 5.43. The zero-order valence-corrected chi connectivity index (χ0v) is 6.37. The van der Waals surface area contributed by atoms with E-state index in [0.29, 0.717) is 0 Å². The third kappa shape index (κ3) is 2.04. The second kappa shape index (κ2) is 3.71. The molecular formula is C8H10N2O. The van der Waals surface area contributed by atoms with Crippen molar-refractivity contribution >= 4 is 5.69 Å². The quantitative estimate of drug-likeness (QED) is 0.669. The topological polar surface area (TPSA) is 41.5 Å². The summed E-state index contributed by atoms with van der Waals surface area (Å²) < 4.78 is 0. The van der Waals surface area contributed by atoms with E-state index in [0.717, 1.165) is 11.3 Å². The van der Waals surface area contributed by atoms with Gasteiger partial charge in [-0.3, -0.25) is 0 Å². The Morgan fingerprint density at radius 1 is 1.36 bits per heavy atom. The third-order valence-corrected chi connectivity index (χ3v) is 1.49. The summed E-state index contributed by atoms with van der Waals surface area (Å²) in [5.41, 5.74) is 1.98. The summed E-state index contributed by atoms with van der Waals surface area (Å²) in [6, 6.07) is 7.60. The molecule has 0 spiro atoms. The largest absolute Gasteiger partial charge is 0.388 e. The van der Waals surface area contributed by atoms with Crippen molar-refractivity contribution in [2.24, 2.45) is 5.18 Å². The molecule has 1 aromatic carbocycles. The van der Waals surface area contributed by atoms with E-state index in [1.54, 1.807) is 0 Å². The Balaban J connectivity index is 2.74. The van der Waals surface area contributed by atoms with Crippen LogP contribution in [0.1, 0.15) is 5.56 Å². The Kier molecular flexibility index (Phi) is 2.60. The predicted octanol–water partition coefficient (Wildman–Crippen LogP) is 1.99. The molecule has 0 heterocycles. The van der Waals surface area contributed by atoms with E-state index < -0.39 is 0 Å². The predicted molar refractivity (Wildman–Crippen MR) is 45.5 cm³/mol. The van der Waals surface area contributed by atoms with Crippen LogP contribution in [0.25, 0.3) is 0 Å². The second-order valence-corrected chi connectivity index (χ2v) is 2.23. The normalized spacial score (nSPS) is 9.18. The number of hydrogen-bond donors (Lipinski definition) is 1. The maximum absolute atomic E-state index is 9.86. The molecule has 0 bridgehead atoms. The fourth-order valence-corrected chi connectivity index (χ4v) is 0.851. The fraction of sp³-hybridized carbons (Fsp3) is 0.250. The Morgan fingerprint density at radius 2 is 2.00 bits per heavy atom. The van der Waals surface area contributed by atoms with Crippen molar-refractivity contribution < 1.29 is 0 Å². The second-order valence-electron chi connectivity index (χ2n) is 2.23. The van der Waals surface area contributed by atoms with E-state index in [-0.39, 0.29) is 6.54 Å². The number of nitroso groups, excluding NO2 is 1. The van der Waals surface area contributed by atoms with Gasteiger partial charge in [0.15, 0.2) is 0 Å². The summed E-state index contributed by atoms with van der Waals surface area (Å²) in [5.74, 6) is 0. The van der Waals surface area contributed by atoms with Gasteiger partial charge in [0.1, 0.15) is 6.54 Å². The standard InChI is InChI=1S/C8H10N2O/c1-9-8-4-2-7(3-5-8)6-10-11/h2-5,9H,6H2,1H3. The highest BCUT2D eigenvalue weighted by Gasteiger charge is 1.90. The maximum atomic E-state index is 9.86. The van der Waals surface area contributed by atoms with Crippen LogP contribution in [0, 0.1) is 4.91 Å². The first-order valence-corrected chi connectivity index (χ1v) is 3.42. The van der Waals surface area contributed by atoms with Gasteiger partial charge in [-0.15, -0.1) is 0 Å². The summed E-state index contributed by atoms with van der Waals surface area (Å²) in [4.78, 5) is 9.86. The van der Waals surface area contributed by atoms with E-state index in [9.17, 15) is 4.91 Å². The molecule has 11 heavy (non-hydrogen) atoms. The average molecular weight is 150 g/mol. The van der Waals surface area contributed by atoms with Crippen molar-refractivity contribution in [3.63, 3.8) is 0 Å². The zero-order chi connectivity index (χ0) is 8.10. The molecule has 0 fully saturated rings. The van der Waals surface area contributed by atoms with Gasteiger partial charge in [0.05, 0.1) is 0 Å². The van der Waals surface area contributed by atoms with Crippen LogP contribution >= 0.6 is 0 Å². The van der Waals surface area contributed by atoms with E-state index in [1.165, 1.54) is 0 Å². The first-order valence-electron chi connectivity index (χ1n) is 3.42. The van der Waals surface area contributed by atoms with E-state index in [1.807, 2.05) is 31.3 Å². The minimum Gasteiger partial charge on any atom is -0.388 e. The van der Waals surface area contributed by atoms with Gasteiger partial charge in [-0.25, -0.2) is 0 Å². The lowest BCUT2D eigenvalue weighted by Gasteiger charge is -1.98. The number of nitrogens with one attached hydrogen (secondary N) is 1. The molecule has 1 N–H and O–H groups in total. The minimum atomic E-state index is 0.254. The molecule has 0 unspecified atom stereocenters. The van der Waals surface area contributed by atoms with Crippen molar-refractivity contribution in [1.82, 2.24) is 0 Å². The molecule has 1 rings (SSSR count). The molecule has 0 radical (unpaired) electrons. The molecular weight excluding hydrogens is 140 g/mol. The van der Waals surface area contributed by atoms with Crippen molar-refractivity contribution in [2.45, 2.75) is 6.54 Å². The molecule has 58 valence electrons.